The highest BCUT2D eigenvalue weighted by molar-refractivity contribution is 5.95. The van der Waals surface area contributed by atoms with Gasteiger partial charge in [0.05, 0.1) is 23.6 Å². The molecule has 0 spiro atoms. The van der Waals surface area contributed by atoms with E-state index in [9.17, 15) is 4.79 Å². The summed E-state index contributed by atoms with van der Waals surface area (Å²) in [6.45, 7) is 7.46. The first-order valence-electron chi connectivity index (χ1n) is 10.6. The Bertz CT molecular complexity index is 1050. The number of benzene rings is 1. The first-order chi connectivity index (χ1) is 14.5. The number of hydrogen-bond donors (Lipinski definition) is 0. The van der Waals surface area contributed by atoms with Crippen LogP contribution in [0.15, 0.2) is 53.3 Å². The Morgan fingerprint density at radius 2 is 1.97 bits per heavy atom. The molecule has 6 heteroatoms. The molecule has 1 aromatic carbocycles. The Hall–Kier alpha value is -2.86. The highest BCUT2D eigenvalue weighted by Gasteiger charge is 2.49. The number of carbonyl (C=O) groups excluding carboxylic acids is 1. The summed E-state index contributed by atoms with van der Waals surface area (Å²) in [5.41, 5.74) is 3.14. The lowest BCUT2D eigenvalue weighted by Crippen LogP contribution is -2.35. The number of rotatable bonds is 4. The van der Waals surface area contributed by atoms with Crippen molar-refractivity contribution >= 4 is 5.91 Å². The zero-order valence-electron chi connectivity index (χ0n) is 17.8. The van der Waals surface area contributed by atoms with E-state index in [0.717, 1.165) is 31.9 Å². The number of nitrogens with zero attached hydrogens (tertiary/aromatic N) is 4. The van der Waals surface area contributed by atoms with Crippen LogP contribution in [0.2, 0.25) is 0 Å². The second-order valence-electron chi connectivity index (χ2n) is 8.75. The Morgan fingerprint density at radius 1 is 1.17 bits per heavy atom. The second kappa shape index (κ2) is 7.43. The molecule has 0 unspecified atom stereocenters. The lowest BCUT2D eigenvalue weighted by Gasteiger charge is -2.30. The van der Waals surface area contributed by atoms with Crippen LogP contribution >= 0.6 is 0 Å². The van der Waals surface area contributed by atoms with Gasteiger partial charge in [-0.2, -0.15) is 0 Å². The molecular formula is C24H28N4O2. The number of furan rings is 1. The monoisotopic (exact) mass is 404 g/mol. The Balaban J connectivity index is 1.43. The largest absolute Gasteiger partial charge is 0.466 e. The Morgan fingerprint density at radius 3 is 2.63 bits per heavy atom. The second-order valence-corrected chi connectivity index (χ2v) is 8.75. The number of aromatic nitrogens is 2. The van der Waals surface area contributed by atoms with Gasteiger partial charge in [0.1, 0.15) is 11.5 Å². The van der Waals surface area contributed by atoms with Crippen molar-refractivity contribution in [2.75, 3.05) is 19.6 Å². The molecule has 0 aliphatic carbocycles. The molecule has 0 N–H and O–H groups in total. The number of aryl methyl sites for hydroxylation is 3. The van der Waals surface area contributed by atoms with E-state index < -0.39 is 0 Å². The molecule has 2 aliphatic heterocycles. The number of hydrogen-bond acceptors (Lipinski definition) is 4. The highest BCUT2D eigenvalue weighted by atomic mass is 16.3. The van der Waals surface area contributed by atoms with Gasteiger partial charge in [0.2, 0.25) is 0 Å². The van der Waals surface area contributed by atoms with Gasteiger partial charge in [-0.1, -0.05) is 30.3 Å². The van der Waals surface area contributed by atoms with Crippen LogP contribution in [0.5, 0.6) is 0 Å². The lowest BCUT2D eigenvalue weighted by molar-refractivity contribution is 0.0697. The fraction of sp³-hybridized carbons (Fsp3) is 0.417. The van der Waals surface area contributed by atoms with Crippen molar-refractivity contribution in [1.29, 1.82) is 0 Å². The summed E-state index contributed by atoms with van der Waals surface area (Å²) in [7, 11) is 2.04. The van der Waals surface area contributed by atoms with Crippen molar-refractivity contribution in [3.8, 4) is 0 Å². The Kier molecular flexibility index (Phi) is 4.74. The van der Waals surface area contributed by atoms with Gasteiger partial charge in [-0.25, -0.2) is 4.98 Å². The summed E-state index contributed by atoms with van der Waals surface area (Å²) >= 11 is 0. The van der Waals surface area contributed by atoms with Crippen molar-refractivity contribution in [2.45, 2.75) is 26.4 Å². The molecule has 2 saturated heterocycles. The van der Waals surface area contributed by atoms with Crippen LogP contribution in [-0.2, 0) is 13.6 Å². The minimum atomic E-state index is 0.0887. The molecule has 4 heterocycles. The maximum absolute atomic E-state index is 13.5. The molecule has 6 nitrogen and oxygen atoms in total. The van der Waals surface area contributed by atoms with Crippen LogP contribution in [0.25, 0.3) is 0 Å². The molecule has 1 amide bonds. The number of fused-ring (bicyclic) bond motifs is 1. The van der Waals surface area contributed by atoms with Crippen LogP contribution in [0.1, 0.15) is 39.2 Å². The summed E-state index contributed by atoms with van der Waals surface area (Å²) in [5, 5.41) is 0. The molecule has 2 fully saturated rings. The molecule has 3 atom stereocenters. The van der Waals surface area contributed by atoms with Gasteiger partial charge in [0, 0.05) is 45.3 Å². The van der Waals surface area contributed by atoms with Gasteiger partial charge in [0.25, 0.3) is 5.91 Å². The molecule has 0 saturated carbocycles. The van der Waals surface area contributed by atoms with Crippen LogP contribution in [0, 0.1) is 25.7 Å². The van der Waals surface area contributed by atoms with Crippen LogP contribution in [0.4, 0.5) is 0 Å². The third-order valence-corrected chi connectivity index (χ3v) is 6.72. The van der Waals surface area contributed by atoms with E-state index in [1.807, 2.05) is 45.6 Å². The van der Waals surface area contributed by atoms with Crippen LogP contribution in [0.3, 0.4) is 0 Å². The van der Waals surface area contributed by atoms with Crippen LogP contribution in [-0.4, -0.2) is 44.9 Å². The SMILES string of the molecule is Cc1cc(C(=O)N2C[C@@H]3CN(Cc4cncn4C)C[C@@H]3[C@H]2c2ccccc2)c(C)o1. The summed E-state index contributed by atoms with van der Waals surface area (Å²) in [6, 6.07) is 12.5. The lowest BCUT2D eigenvalue weighted by atomic mass is 9.89. The van der Waals surface area contributed by atoms with Gasteiger partial charge in [0.15, 0.2) is 0 Å². The van der Waals surface area contributed by atoms with Gasteiger partial charge >= 0.3 is 0 Å². The van der Waals surface area contributed by atoms with E-state index in [4.69, 9.17) is 4.42 Å². The van der Waals surface area contributed by atoms with Crippen LogP contribution < -0.4 is 0 Å². The number of amides is 1. The van der Waals surface area contributed by atoms with E-state index in [1.165, 1.54) is 11.3 Å². The van der Waals surface area contributed by atoms with Crippen molar-refractivity contribution in [3.05, 3.63) is 77.3 Å². The molecule has 0 radical (unpaired) electrons. The van der Waals surface area contributed by atoms with Crippen molar-refractivity contribution in [1.82, 2.24) is 19.4 Å². The summed E-state index contributed by atoms with van der Waals surface area (Å²) in [5.74, 6) is 2.48. The average Bonchev–Trinajstić information content (AvgIpc) is 3.47. The minimum Gasteiger partial charge on any atom is -0.466 e. The third kappa shape index (κ3) is 3.25. The summed E-state index contributed by atoms with van der Waals surface area (Å²) < 4.78 is 7.74. The predicted octanol–water partition coefficient (Wildman–Crippen LogP) is 3.58. The summed E-state index contributed by atoms with van der Waals surface area (Å²) in [4.78, 5) is 22.4. The fourth-order valence-electron chi connectivity index (χ4n) is 5.32. The summed E-state index contributed by atoms with van der Waals surface area (Å²) in [6.07, 6.45) is 3.80. The van der Waals surface area contributed by atoms with E-state index in [1.54, 1.807) is 0 Å². The quantitative estimate of drug-likeness (QED) is 0.667. The smallest absolute Gasteiger partial charge is 0.257 e. The van der Waals surface area contributed by atoms with E-state index in [-0.39, 0.29) is 11.9 Å². The molecule has 5 rings (SSSR count). The zero-order chi connectivity index (χ0) is 20.8. The van der Waals surface area contributed by atoms with E-state index in [0.29, 0.717) is 23.2 Å². The molecular weight excluding hydrogens is 376 g/mol. The maximum Gasteiger partial charge on any atom is 0.257 e. The maximum atomic E-state index is 13.5. The van der Waals surface area contributed by atoms with Gasteiger partial charge in [-0.05, 0) is 31.4 Å². The fourth-order valence-corrected chi connectivity index (χ4v) is 5.32. The average molecular weight is 405 g/mol. The third-order valence-electron chi connectivity index (χ3n) is 6.72. The first kappa shape index (κ1) is 19.1. The van der Waals surface area contributed by atoms with Gasteiger partial charge < -0.3 is 13.9 Å². The van der Waals surface area contributed by atoms with Crippen molar-refractivity contribution in [3.63, 3.8) is 0 Å². The predicted molar refractivity (Wildman–Crippen MR) is 114 cm³/mol. The van der Waals surface area contributed by atoms with Crippen molar-refractivity contribution in [2.24, 2.45) is 18.9 Å². The molecule has 2 aliphatic rings. The topological polar surface area (TPSA) is 54.5 Å². The molecule has 156 valence electrons. The first-order valence-corrected chi connectivity index (χ1v) is 10.6. The highest BCUT2D eigenvalue weighted by Crippen LogP contribution is 2.46. The molecule has 3 aromatic rings. The Labute approximate surface area is 177 Å². The number of likely N-dealkylation sites (tertiary alicyclic amines) is 2. The minimum absolute atomic E-state index is 0.0887. The standard InChI is InChI=1S/C24H28N4O2/c1-16-9-21(17(2)30-16)24(29)28-12-19-11-27(13-20-10-25-15-26(20)3)14-22(19)23(28)18-7-5-4-6-8-18/h4-10,15,19,22-23H,11-14H2,1-3H3/t19-,22-,23+/m0/s1. The van der Waals surface area contributed by atoms with Gasteiger partial charge in [-0.3, -0.25) is 9.69 Å². The molecule has 30 heavy (non-hydrogen) atoms. The normalized spacial score (nSPS) is 23.8. The molecule has 2 aromatic heterocycles. The van der Waals surface area contributed by atoms with Crippen molar-refractivity contribution < 1.29 is 9.21 Å². The molecule has 0 bridgehead atoms. The number of imidazole rings is 1. The zero-order valence-corrected chi connectivity index (χ0v) is 17.8. The number of carbonyl (C=O) groups is 1. The van der Waals surface area contributed by atoms with E-state index >= 15 is 0 Å². The van der Waals surface area contributed by atoms with Gasteiger partial charge in [-0.15, -0.1) is 0 Å². The van der Waals surface area contributed by atoms with E-state index in [2.05, 4.69) is 43.6 Å².